The summed E-state index contributed by atoms with van der Waals surface area (Å²) in [5.74, 6) is 1.05. The highest BCUT2D eigenvalue weighted by molar-refractivity contribution is 5.86. The summed E-state index contributed by atoms with van der Waals surface area (Å²) >= 11 is 0. The minimum absolute atomic E-state index is 0.0819. The van der Waals surface area contributed by atoms with Crippen LogP contribution in [0.5, 0.6) is 5.88 Å². The number of carbonyl (C=O) groups is 1. The van der Waals surface area contributed by atoms with Gasteiger partial charge in [0.2, 0.25) is 11.8 Å². The van der Waals surface area contributed by atoms with E-state index in [4.69, 9.17) is 4.74 Å². The number of rotatable bonds is 5. The van der Waals surface area contributed by atoms with Crippen molar-refractivity contribution in [1.29, 1.82) is 0 Å². The Morgan fingerprint density at radius 3 is 2.55 bits per heavy atom. The highest BCUT2D eigenvalue weighted by Gasteiger charge is 2.13. The molecule has 122 valence electrons. The van der Waals surface area contributed by atoms with E-state index >= 15 is 0 Å². The number of nitrogens with one attached hydrogen (secondary N) is 3. The molecule has 1 aromatic heterocycles. The molecule has 0 bridgehead atoms. The van der Waals surface area contributed by atoms with Crippen LogP contribution in [0.15, 0.2) is 23.3 Å². The van der Waals surface area contributed by atoms with Crippen molar-refractivity contribution in [3.63, 3.8) is 0 Å². The zero-order chi connectivity index (χ0) is 16.6. The third-order valence-electron chi connectivity index (χ3n) is 2.62. The summed E-state index contributed by atoms with van der Waals surface area (Å²) < 4.78 is 5.01. The first-order valence-corrected chi connectivity index (χ1v) is 7.08. The topological polar surface area (TPSA) is 87.6 Å². The van der Waals surface area contributed by atoms with Crippen LogP contribution < -0.4 is 20.7 Å². The number of guanidine groups is 1. The molecule has 0 aliphatic heterocycles. The van der Waals surface area contributed by atoms with Gasteiger partial charge < -0.3 is 20.7 Å². The monoisotopic (exact) mass is 307 g/mol. The zero-order valence-corrected chi connectivity index (χ0v) is 13.9. The molecule has 1 rings (SSSR count). The Morgan fingerprint density at radius 2 is 2.05 bits per heavy atom. The minimum atomic E-state index is -0.246. The Balaban J connectivity index is 2.40. The predicted molar refractivity (Wildman–Crippen MR) is 86.9 cm³/mol. The summed E-state index contributed by atoms with van der Waals surface area (Å²) in [5.41, 5.74) is 0.743. The van der Waals surface area contributed by atoms with Crippen molar-refractivity contribution in [2.45, 2.75) is 32.9 Å². The maximum atomic E-state index is 11.7. The zero-order valence-electron chi connectivity index (χ0n) is 13.9. The van der Waals surface area contributed by atoms with Gasteiger partial charge >= 0.3 is 0 Å². The van der Waals surface area contributed by atoms with E-state index in [1.54, 1.807) is 26.4 Å². The Kier molecular flexibility index (Phi) is 6.62. The summed E-state index contributed by atoms with van der Waals surface area (Å²) in [6, 6.07) is 3.71. The second-order valence-corrected chi connectivity index (χ2v) is 5.79. The van der Waals surface area contributed by atoms with Crippen LogP contribution in [0.3, 0.4) is 0 Å². The molecule has 0 atom stereocenters. The Hall–Kier alpha value is -2.31. The van der Waals surface area contributed by atoms with Gasteiger partial charge in [0.15, 0.2) is 5.96 Å². The number of hydrogen-bond acceptors (Lipinski definition) is 4. The fraction of sp³-hybridized carbons (Fsp3) is 0.533. The molecule has 7 nitrogen and oxygen atoms in total. The van der Waals surface area contributed by atoms with Gasteiger partial charge in [-0.3, -0.25) is 9.79 Å². The minimum Gasteiger partial charge on any atom is -0.481 e. The van der Waals surface area contributed by atoms with Crippen molar-refractivity contribution in [3.05, 3.63) is 23.9 Å². The van der Waals surface area contributed by atoms with E-state index < -0.39 is 0 Å². The number of aliphatic imine (C=N–C) groups is 1. The second kappa shape index (κ2) is 8.21. The van der Waals surface area contributed by atoms with Crippen molar-refractivity contribution < 1.29 is 9.53 Å². The number of amides is 1. The maximum absolute atomic E-state index is 11.7. The van der Waals surface area contributed by atoms with Gasteiger partial charge in [0.25, 0.3) is 0 Å². The summed E-state index contributed by atoms with van der Waals surface area (Å²) in [5, 5.41) is 8.96. The van der Waals surface area contributed by atoms with Crippen molar-refractivity contribution in [1.82, 2.24) is 20.9 Å². The normalized spacial score (nSPS) is 11.8. The third-order valence-corrected chi connectivity index (χ3v) is 2.62. The number of carbonyl (C=O) groups excluding carboxylic acids is 1. The molecule has 1 aromatic rings. The van der Waals surface area contributed by atoms with E-state index in [1.165, 1.54) is 0 Å². The van der Waals surface area contributed by atoms with Crippen molar-refractivity contribution in [3.8, 4) is 5.88 Å². The molecule has 0 fully saturated rings. The van der Waals surface area contributed by atoms with Crippen LogP contribution in [-0.2, 0) is 11.3 Å². The SMILES string of the molecule is CN=C(NCC(=O)NC(C)(C)C)NCc1ccc(OC)nc1. The molecule has 1 amide bonds. The number of methoxy groups -OCH3 is 1. The Bertz CT molecular complexity index is 506. The van der Waals surface area contributed by atoms with Crippen LogP contribution in [0, 0.1) is 0 Å². The molecular weight excluding hydrogens is 282 g/mol. The molecule has 0 aliphatic carbocycles. The van der Waals surface area contributed by atoms with Gasteiger partial charge in [0, 0.05) is 31.4 Å². The highest BCUT2D eigenvalue weighted by Crippen LogP contribution is 2.06. The third kappa shape index (κ3) is 6.92. The molecule has 0 radical (unpaired) electrons. The van der Waals surface area contributed by atoms with Crippen molar-refractivity contribution in [2.75, 3.05) is 20.7 Å². The van der Waals surface area contributed by atoms with Crippen LogP contribution in [-0.4, -0.2) is 43.1 Å². The average Bonchev–Trinajstić information content (AvgIpc) is 2.46. The van der Waals surface area contributed by atoms with Crippen LogP contribution >= 0.6 is 0 Å². The molecule has 0 aliphatic rings. The van der Waals surface area contributed by atoms with Crippen LogP contribution in [0.4, 0.5) is 0 Å². The molecule has 22 heavy (non-hydrogen) atoms. The lowest BCUT2D eigenvalue weighted by atomic mass is 10.1. The van der Waals surface area contributed by atoms with Gasteiger partial charge in [-0.05, 0) is 26.3 Å². The maximum Gasteiger partial charge on any atom is 0.239 e. The van der Waals surface area contributed by atoms with Gasteiger partial charge in [-0.2, -0.15) is 0 Å². The first kappa shape index (κ1) is 17.7. The van der Waals surface area contributed by atoms with Crippen LogP contribution in [0.2, 0.25) is 0 Å². The lowest BCUT2D eigenvalue weighted by Crippen LogP contribution is -2.48. The van der Waals surface area contributed by atoms with E-state index in [2.05, 4.69) is 25.9 Å². The van der Waals surface area contributed by atoms with Crippen molar-refractivity contribution in [2.24, 2.45) is 4.99 Å². The van der Waals surface area contributed by atoms with E-state index in [-0.39, 0.29) is 18.0 Å². The number of nitrogens with zero attached hydrogens (tertiary/aromatic N) is 2. The lowest BCUT2D eigenvalue weighted by molar-refractivity contribution is -0.121. The number of aromatic nitrogens is 1. The van der Waals surface area contributed by atoms with E-state index in [1.807, 2.05) is 26.8 Å². The number of ether oxygens (including phenoxy) is 1. The van der Waals surface area contributed by atoms with E-state index in [0.717, 1.165) is 5.56 Å². The molecule has 1 heterocycles. The Labute approximate surface area is 131 Å². The van der Waals surface area contributed by atoms with E-state index in [0.29, 0.717) is 18.4 Å². The smallest absolute Gasteiger partial charge is 0.239 e. The first-order valence-electron chi connectivity index (χ1n) is 7.08. The first-order chi connectivity index (χ1) is 10.3. The molecule has 0 saturated heterocycles. The van der Waals surface area contributed by atoms with Crippen LogP contribution in [0.25, 0.3) is 0 Å². The van der Waals surface area contributed by atoms with Gasteiger partial charge in [0.1, 0.15) is 0 Å². The van der Waals surface area contributed by atoms with E-state index in [9.17, 15) is 4.79 Å². The van der Waals surface area contributed by atoms with Gasteiger partial charge in [0.05, 0.1) is 13.7 Å². The summed E-state index contributed by atoms with van der Waals surface area (Å²) in [6.07, 6.45) is 1.73. The van der Waals surface area contributed by atoms with Gasteiger partial charge in [-0.1, -0.05) is 6.07 Å². The summed E-state index contributed by atoms with van der Waals surface area (Å²) in [7, 11) is 3.23. The molecular formula is C15H25N5O2. The van der Waals surface area contributed by atoms with Crippen LogP contribution in [0.1, 0.15) is 26.3 Å². The van der Waals surface area contributed by atoms with Gasteiger partial charge in [-0.25, -0.2) is 4.98 Å². The standard InChI is InChI=1S/C15H25N5O2/c1-15(2,3)20-12(21)10-19-14(16-4)18-9-11-6-7-13(22-5)17-8-11/h6-8H,9-10H2,1-5H3,(H,20,21)(H2,16,18,19). The molecule has 0 unspecified atom stereocenters. The average molecular weight is 307 g/mol. The molecule has 3 N–H and O–H groups in total. The lowest BCUT2D eigenvalue weighted by Gasteiger charge is -2.21. The molecule has 0 spiro atoms. The predicted octanol–water partition coefficient (Wildman–Crippen LogP) is 0.670. The quantitative estimate of drug-likeness (QED) is 0.550. The second-order valence-electron chi connectivity index (χ2n) is 5.79. The Morgan fingerprint density at radius 1 is 1.32 bits per heavy atom. The number of hydrogen-bond donors (Lipinski definition) is 3. The molecule has 0 saturated carbocycles. The largest absolute Gasteiger partial charge is 0.481 e. The fourth-order valence-corrected chi connectivity index (χ4v) is 1.67. The molecule has 7 heteroatoms. The van der Waals surface area contributed by atoms with Crippen molar-refractivity contribution >= 4 is 11.9 Å². The highest BCUT2D eigenvalue weighted by atomic mass is 16.5. The van der Waals surface area contributed by atoms with Gasteiger partial charge in [-0.15, -0.1) is 0 Å². The number of pyridine rings is 1. The summed E-state index contributed by atoms with van der Waals surface area (Å²) in [4.78, 5) is 19.9. The fourth-order valence-electron chi connectivity index (χ4n) is 1.67. The molecule has 0 aromatic carbocycles. The summed E-state index contributed by atoms with van der Waals surface area (Å²) in [6.45, 7) is 6.54.